The van der Waals surface area contributed by atoms with Gasteiger partial charge in [-0.2, -0.15) is 0 Å². The smallest absolute Gasteiger partial charge is 0.256 e. The van der Waals surface area contributed by atoms with Crippen LogP contribution >= 0.6 is 0 Å². The Hall–Kier alpha value is -2.34. The van der Waals surface area contributed by atoms with E-state index in [0.29, 0.717) is 6.04 Å². The number of likely N-dealkylation sites (tertiary alicyclic amines) is 2. The number of nitrogens with two attached hydrogens (primary N) is 1. The van der Waals surface area contributed by atoms with E-state index in [0.717, 1.165) is 56.4 Å². The number of carbonyl (C=O) groups is 2. The summed E-state index contributed by atoms with van der Waals surface area (Å²) < 4.78 is 1.97. The summed E-state index contributed by atoms with van der Waals surface area (Å²) in [7, 11) is 0. The van der Waals surface area contributed by atoms with E-state index >= 15 is 0 Å². The Morgan fingerprint density at radius 1 is 1.00 bits per heavy atom. The number of hydrogen-bond donors (Lipinski definition) is 1. The fraction of sp³-hybridized carbons (Fsp3) is 0.474. The number of primary amides is 1. The second kappa shape index (κ2) is 6.52. The molecule has 0 aromatic carbocycles. The minimum Gasteiger partial charge on any atom is -0.368 e. The molecular formula is C19H24N4O2. The van der Waals surface area contributed by atoms with E-state index in [-0.39, 0.29) is 17.9 Å². The molecule has 2 aliphatic rings. The molecule has 6 nitrogen and oxygen atoms in total. The van der Waals surface area contributed by atoms with Crippen LogP contribution in [0, 0.1) is 0 Å². The molecule has 2 N–H and O–H groups in total. The van der Waals surface area contributed by atoms with Gasteiger partial charge in [-0.15, -0.1) is 0 Å². The largest absolute Gasteiger partial charge is 0.368 e. The molecule has 4 heterocycles. The molecule has 2 fully saturated rings. The third kappa shape index (κ3) is 2.91. The molecule has 4 rings (SSSR count). The minimum absolute atomic E-state index is 0.0972. The molecule has 6 heteroatoms. The molecule has 1 atom stereocenters. The van der Waals surface area contributed by atoms with Crippen LogP contribution in [0.5, 0.6) is 0 Å². The third-order valence-corrected chi connectivity index (χ3v) is 5.64. The van der Waals surface area contributed by atoms with Crippen LogP contribution in [0.25, 0.3) is 5.52 Å². The number of aromatic nitrogens is 1. The zero-order valence-electron chi connectivity index (χ0n) is 14.3. The van der Waals surface area contributed by atoms with Crippen LogP contribution in [0.15, 0.2) is 36.7 Å². The molecule has 0 radical (unpaired) electrons. The van der Waals surface area contributed by atoms with Crippen molar-refractivity contribution in [1.82, 2.24) is 14.2 Å². The van der Waals surface area contributed by atoms with Crippen LogP contribution in [0.1, 0.15) is 36.0 Å². The fourth-order valence-corrected chi connectivity index (χ4v) is 4.34. The van der Waals surface area contributed by atoms with Crippen molar-refractivity contribution < 1.29 is 9.59 Å². The molecule has 1 unspecified atom stereocenters. The minimum atomic E-state index is -0.212. The molecule has 0 bridgehead atoms. The van der Waals surface area contributed by atoms with Gasteiger partial charge in [-0.05, 0) is 50.4 Å². The van der Waals surface area contributed by atoms with E-state index in [9.17, 15) is 9.59 Å². The number of piperidine rings is 1. The van der Waals surface area contributed by atoms with Crippen LogP contribution in [0.3, 0.4) is 0 Å². The number of fused-ring (bicyclic) bond motifs is 1. The molecule has 132 valence electrons. The quantitative estimate of drug-likeness (QED) is 0.920. The van der Waals surface area contributed by atoms with E-state index in [1.165, 1.54) is 0 Å². The summed E-state index contributed by atoms with van der Waals surface area (Å²) in [5.74, 6) is -0.115. The first-order chi connectivity index (χ1) is 12.1. The van der Waals surface area contributed by atoms with Crippen LogP contribution in [-0.4, -0.2) is 57.7 Å². The van der Waals surface area contributed by atoms with Crippen molar-refractivity contribution in [3.8, 4) is 0 Å². The normalized spacial score (nSPS) is 22.6. The number of nitrogens with zero attached hydrogens (tertiary/aromatic N) is 3. The van der Waals surface area contributed by atoms with Gasteiger partial charge in [0.05, 0.1) is 17.1 Å². The predicted molar refractivity (Wildman–Crippen MR) is 95.2 cm³/mol. The molecule has 2 saturated heterocycles. The maximum Gasteiger partial charge on any atom is 0.256 e. The second-order valence-electron chi connectivity index (χ2n) is 7.04. The number of rotatable bonds is 3. The average Bonchev–Trinajstić information content (AvgIpc) is 3.28. The van der Waals surface area contributed by atoms with Gasteiger partial charge >= 0.3 is 0 Å². The molecule has 0 aliphatic carbocycles. The van der Waals surface area contributed by atoms with Gasteiger partial charge in [0.1, 0.15) is 0 Å². The standard InChI is InChI=1S/C19H24N4O2/c20-18(24)17-5-3-10-23(17)14-6-11-22(12-7-14)19(25)15-8-13-21-9-2-1-4-16(15)21/h1-2,4,8-9,13-14,17H,3,5-7,10-12H2,(H2,20,24). The summed E-state index contributed by atoms with van der Waals surface area (Å²) >= 11 is 0. The number of amides is 2. The molecule has 2 aliphatic heterocycles. The highest BCUT2D eigenvalue weighted by molar-refractivity contribution is 6.01. The molecule has 25 heavy (non-hydrogen) atoms. The van der Waals surface area contributed by atoms with E-state index in [2.05, 4.69) is 4.90 Å². The third-order valence-electron chi connectivity index (χ3n) is 5.64. The van der Waals surface area contributed by atoms with E-state index in [4.69, 9.17) is 5.73 Å². The van der Waals surface area contributed by atoms with Gasteiger partial charge in [0, 0.05) is 31.5 Å². The lowest BCUT2D eigenvalue weighted by Gasteiger charge is -2.38. The summed E-state index contributed by atoms with van der Waals surface area (Å²) in [5, 5.41) is 0. The number of hydrogen-bond acceptors (Lipinski definition) is 3. The Bertz CT molecular complexity index is 792. The Morgan fingerprint density at radius 2 is 1.80 bits per heavy atom. The topological polar surface area (TPSA) is 71.1 Å². The lowest BCUT2D eigenvalue weighted by molar-refractivity contribution is -0.123. The average molecular weight is 340 g/mol. The molecule has 2 aromatic heterocycles. The van der Waals surface area contributed by atoms with Gasteiger partial charge in [0.25, 0.3) is 5.91 Å². The summed E-state index contributed by atoms with van der Waals surface area (Å²) in [4.78, 5) is 28.7. The van der Waals surface area contributed by atoms with Crippen molar-refractivity contribution in [2.24, 2.45) is 5.73 Å². The Morgan fingerprint density at radius 3 is 2.56 bits per heavy atom. The predicted octanol–water partition coefficient (Wildman–Crippen LogP) is 1.49. The number of pyridine rings is 1. The zero-order chi connectivity index (χ0) is 17.4. The van der Waals surface area contributed by atoms with E-state index in [1.54, 1.807) is 0 Å². The first kappa shape index (κ1) is 16.1. The maximum atomic E-state index is 12.9. The first-order valence-electron chi connectivity index (χ1n) is 9.05. The monoisotopic (exact) mass is 340 g/mol. The summed E-state index contributed by atoms with van der Waals surface area (Å²) in [6.45, 7) is 2.40. The highest BCUT2D eigenvalue weighted by atomic mass is 16.2. The molecule has 0 spiro atoms. The Labute approximate surface area is 147 Å². The van der Waals surface area contributed by atoms with Crippen LogP contribution in [-0.2, 0) is 4.79 Å². The highest BCUT2D eigenvalue weighted by Gasteiger charge is 2.36. The second-order valence-corrected chi connectivity index (χ2v) is 7.04. The van der Waals surface area contributed by atoms with E-state index < -0.39 is 0 Å². The summed E-state index contributed by atoms with van der Waals surface area (Å²) in [6, 6.07) is 8.01. The van der Waals surface area contributed by atoms with Crippen molar-refractivity contribution in [3.05, 3.63) is 42.2 Å². The van der Waals surface area contributed by atoms with Crippen molar-refractivity contribution in [2.75, 3.05) is 19.6 Å². The van der Waals surface area contributed by atoms with Gasteiger partial charge < -0.3 is 15.0 Å². The molecular weight excluding hydrogens is 316 g/mol. The van der Waals surface area contributed by atoms with E-state index in [1.807, 2.05) is 46.0 Å². The van der Waals surface area contributed by atoms with Gasteiger partial charge in [0.2, 0.25) is 5.91 Å². The molecule has 0 saturated carbocycles. The summed E-state index contributed by atoms with van der Waals surface area (Å²) in [6.07, 6.45) is 7.59. The Kier molecular flexibility index (Phi) is 4.21. The van der Waals surface area contributed by atoms with Crippen LogP contribution in [0.4, 0.5) is 0 Å². The first-order valence-corrected chi connectivity index (χ1v) is 9.05. The SMILES string of the molecule is NC(=O)C1CCCN1C1CCN(C(=O)c2ccn3ccccc23)CC1. The molecule has 2 amide bonds. The number of carbonyl (C=O) groups excluding carboxylic acids is 2. The van der Waals surface area contributed by atoms with Gasteiger partial charge in [-0.1, -0.05) is 6.07 Å². The zero-order valence-corrected chi connectivity index (χ0v) is 14.3. The van der Waals surface area contributed by atoms with Gasteiger partial charge in [-0.3, -0.25) is 14.5 Å². The van der Waals surface area contributed by atoms with Crippen LogP contribution < -0.4 is 5.73 Å². The fourth-order valence-electron chi connectivity index (χ4n) is 4.34. The summed E-state index contributed by atoms with van der Waals surface area (Å²) in [5.41, 5.74) is 7.25. The maximum absolute atomic E-state index is 12.9. The van der Waals surface area contributed by atoms with Crippen LogP contribution in [0.2, 0.25) is 0 Å². The van der Waals surface area contributed by atoms with Crippen molar-refractivity contribution in [3.63, 3.8) is 0 Å². The van der Waals surface area contributed by atoms with Gasteiger partial charge in [-0.25, -0.2) is 0 Å². The Balaban J connectivity index is 1.43. The lowest BCUT2D eigenvalue weighted by atomic mass is 10.0. The lowest BCUT2D eigenvalue weighted by Crippen LogP contribution is -2.51. The van der Waals surface area contributed by atoms with Crippen molar-refractivity contribution in [1.29, 1.82) is 0 Å². The van der Waals surface area contributed by atoms with Crippen molar-refractivity contribution >= 4 is 17.3 Å². The highest BCUT2D eigenvalue weighted by Crippen LogP contribution is 2.27. The van der Waals surface area contributed by atoms with Crippen molar-refractivity contribution in [2.45, 2.75) is 37.8 Å². The van der Waals surface area contributed by atoms with Gasteiger partial charge in [0.15, 0.2) is 0 Å². The molecule has 2 aromatic rings.